The zero-order chi connectivity index (χ0) is 18.4. The summed E-state index contributed by atoms with van der Waals surface area (Å²) in [6.07, 6.45) is 4.35. The monoisotopic (exact) mass is 365 g/mol. The molecule has 0 saturated carbocycles. The van der Waals surface area contributed by atoms with E-state index in [4.69, 9.17) is 9.15 Å². The number of ether oxygens (including phenoxy) is 1. The van der Waals surface area contributed by atoms with Crippen molar-refractivity contribution in [3.05, 3.63) is 11.8 Å². The second kappa shape index (κ2) is 9.43. The highest BCUT2D eigenvalue weighted by Crippen LogP contribution is 2.24. The van der Waals surface area contributed by atoms with Crippen LogP contribution in [-0.2, 0) is 16.1 Å². The van der Waals surface area contributed by atoms with Gasteiger partial charge in [0.05, 0.1) is 19.1 Å². The summed E-state index contributed by atoms with van der Waals surface area (Å²) in [4.78, 5) is 17.2. The lowest BCUT2D eigenvalue weighted by Gasteiger charge is -2.41. The van der Waals surface area contributed by atoms with E-state index in [9.17, 15) is 4.79 Å². The first-order chi connectivity index (χ1) is 12.7. The van der Waals surface area contributed by atoms with Crippen LogP contribution in [0.3, 0.4) is 0 Å². The normalized spacial score (nSPS) is 23.2. The molecule has 146 valence electrons. The van der Waals surface area contributed by atoms with Crippen molar-refractivity contribution in [3.8, 4) is 0 Å². The minimum atomic E-state index is 0.111. The Hall–Kier alpha value is -1.51. The van der Waals surface area contributed by atoms with Gasteiger partial charge in [0.15, 0.2) is 0 Å². The van der Waals surface area contributed by atoms with Crippen LogP contribution < -0.4 is 5.32 Å². The molecule has 2 saturated heterocycles. The summed E-state index contributed by atoms with van der Waals surface area (Å²) in [5.41, 5.74) is 0. The number of carbonyl (C=O) groups is 1. The van der Waals surface area contributed by atoms with E-state index in [1.165, 1.54) is 0 Å². The Morgan fingerprint density at radius 1 is 1.27 bits per heavy atom. The number of aryl methyl sites for hydroxylation is 1. The molecule has 3 heterocycles. The Morgan fingerprint density at radius 2 is 2.08 bits per heavy atom. The fourth-order valence-corrected chi connectivity index (χ4v) is 4.01. The predicted octanol–water partition coefficient (Wildman–Crippen LogP) is 0.817. The van der Waals surface area contributed by atoms with Gasteiger partial charge in [-0.3, -0.25) is 14.6 Å². The number of likely N-dealkylation sites (tertiary alicyclic amines) is 2. The molecular weight excluding hydrogens is 334 g/mol. The highest BCUT2D eigenvalue weighted by Gasteiger charge is 2.31. The molecule has 8 nitrogen and oxygen atoms in total. The van der Waals surface area contributed by atoms with Gasteiger partial charge in [-0.15, -0.1) is 10.2 Å². The summed E-state index contributed by atoms with van der Waals surface area (Å²) in [5, 5.41) is 11.0. The van der Waals surface area contributed by atoms with E-state index in [-0.39, 0.29) is 11.8 Å². The molecule has 0 spiro atoms. The number of aromatic nitrogens is 2. The second-order valence-corrected chi connectivity index (χ2v) is 7.34. The highest BCUT2D eigenvalue weighted by molar-refractivity contribution is 5.78. The lowest BCUT2D eigenvalue weighted by Crippen LogP contribution is -2.50. The van der Waals surface area contributed by atoms with Crippen LogP contribution in [0.5, 0.6) is 0 Å². The van der Waals surface area contributed by atoms with Gasteiger partial charge < -0.3 is 14.5 Å². The van der Waals surface area contributed by atoms with E-state index in [0.29, 0.717) is 31.0 Å². The number of carbonyl (C=O) groups excluding carboxylic acids is 1. The lowest BCUT2D eigenvalue weighted by molar-refractivity contribution is -0.127. The SMILES string of the molecule is COCCNC(=O)[C@H]1CCCN(C2CCN(Cc3nnc(C)o3)CC2)C1. The number of methoxy groups -OCH3 is 1. The van der Waals surface area contributed by atoms with Crippen molar-refractivity contribution < 1.29 is 13.9 Å². The third kappa shape index (κ3) is 5.25. The molecule has 1 N–H and O–H groups in total. The number of nitrogens with one attached hydrogen (secondary N) is 1. The summed E-state index contributed by atoms with van der Waals surface area (Å²) < 4.78 is 10.5. The molecule has 1 aromatic rings. The predicted molar refractivity (Wildman–Crippen MR) is 96.5 cm³/mol. The van der Waals surface area contributed by atoms with Crippen LogP contribution in [0.1, 0.15) is 37.5 Å². The number of hydrogen-bond donors (Lipinski definition) is 1. The largest absolute Gasteiger partial charge is 0.424 e. The zero-order valence-corrected chi connectivity index (χ0v) is 15.9. The molecule has 0 bridgehead atoms. The minimum Gasteiger partial charge on any atom is -0.424 e. The third-order valence-corrected chi connectivity index (χ3v) is 5.43. The average molecular weight is 365 g/mol. The third-order valence-electron chi connectivity index (χ3n) is 5.43. The zero-order valence-electron chi connectivity index (χ0n) is 15.9. The molecule has 3 rings (SSSR count). The molecule has 2 aliphatic rings. The van der Waals surface area contributed by atoms with Gasteiger partial charge in [-0.1, -0.05) is 0 Å². The van der Waals surface area contributed by atoms with Crippen molar-refractivity contribution in [1.29, 1.82) is 0 Å². The van der Waals surface area contributed by atoms with E-state index in [0.717, 1.165) is 58.4 Å². The van der Waals surface area contributed by atoms with Crippen LogP contribution in [0.4, 0.5) is 0 Å². The van der Waals surface area contributed by atoms with Crippen LogP contribution in [-0.4, -0.2) is 78.4 Å². The Labute approximate surface area is 155 Å². The van der Waals surface area contributed by atoms with E-state index < -0.39 is 0 Å². The Bertz CT molecular complexity index is 571. The van der Waals surface area contributed by atoms with Crippen molar-refractivity contribution in [3.63, 3.8) is 0 Å². The number of rotatable bonds is 7. The molecule has 8 heteroatoms. The van der Waals surface area contributed by atoms with E-state index in [1.54, 1.807) is 7.11 Å². The number of piperidine rings is 2. The summed E-state index contributed by atoms with van der Waals surface area (Å²) in [5.74, 6) is 1.61. The fourth-order valence-electron chi connectivity index (χ4n) is 4.01. The smallest absolute Gasteiger partial charge is 0.230 e. The first kappa shape index (κ1) is 19.3. The van der Waals surface area contributed by atoms with Gasteiger partial charge in [-0.05, 0) is 32.2 Å². The highest BCUT2D eigenvalue weighted by atomic mass is 16.5. The maximum Gasteiger partial charge on any atom is 0.230 e. The molecule has 2 fully saturated rings. The number of nitrogens with zero attached hydrogens (tertiary/aromatic N) is 4. The van der Waals surface area contributed by atoms with Crippen molar-refractivity contribution in [2.45, 2.75) is 45.2 Å². The first-order valence-corrected chi connectivity index (χ1v) is 9.67. The van der Waals surface area contributed by atoms with Gasteiger partial charge in [-0.2, -0.15) is 0 Å². The van der Waals surface area contributed by atoms with Crippen LogP contribution in [0.25, 0.3) is 0 Å². The minimum absolute atomic E-state index is 0.111. The Morgan fingerprint density at radius 3 is 2.77 bits per heavy atom. The summed E-state index contributed by atoms with van der Waals surface area (Å²) >= 11 is 0. The molecule has 0 radical (unpaired) electrons. The van der Waals surface area contributed by atoms with Crippen LogP contribution >= 0.6 is 0 Å². The lowest BCUT2D eigenvalue weighted by atomic mass is 9.93. The van der Waals surface area contributed by atoms with Gasteiger partial charge in [-0.25, -0.2) is 0 Å². The van der Waals surface area contributed by atoms with Crippen LogP contribution in [0, 0.1) is 12.8 Å². The maximum atomic E-state index is 12.3. The molecular formula is C18H31N5O3. The van der Waals surface area contributed by atoms with Crippen molar-refractivity contribution in [2.24, 2.45) is 5.92 Å². The average Bonchev–Trinajstić information content (AvgIpc) is 3.07. The fraction of sp³-hybridized carbons (Fsp3) is 0.833. The molecule has 0 aliphatic carbocycles. The summed E-state index contributed by atoms with van der Waals surface area (Å²) in [6.45, 7) is 7.78. The Balaban J connectivity index is 1.42. The summed E-state index contributed by atoms with van der Waals surface area (Å²) in [6, 6.07) is 0.574. The molecule has 1 aromatic heterocycles. The molecule has 0 aromatic carbocycles. The van der Waals surface area contributed by atoms with E-state index in [1.807, 2.05) is 6.92 Å². The standard InChI is InChI=1S/C18H31N5O3/c1-14-20-21-17(26-14)13-22-9-5-16(6-10-22)23-8-3-4-15(12-23)18(24)19-7-11-25-2/h15-16H,3-13H2,1-2H3,(H,19,24)/t15-/m0/s1. The molecule has 0 unspecified atom stereocenters. The van der Waals surface area contributed by atoms with Gasteiger partial charge in [0.25, 0.3) is 0 Å². The maximum absolute atomic E-state index is 12.3. The number of amides is 1. The second-order valence-electron chi connectivity index (χ2n) is 7.34. The van der Waals surface area contributed by atoms with Crippen LogP contribution in [0.2, 0.25) is 0 Å². The van der Waals surface area contributed by atoms with Gasteiger partial charge >= 0.3 is 0 Å². The summed E-state index contributed by atoms with van der Waals surface area (Å²) in [7, 11) is 1.65. The van der Waals surface area contributed by atoms with Gasteiger partial charge in [0.2, 0.25) is 17.7 Å². The molecule has 1 atom stereocenters. The topological polar surface area (TPSA) is 83.7 Å². The van der Waals surface area contributed by atoms with Crippen molar-refractivity contribution in [1.82, 2.24) is 25.3 Å². The van der Waals surface area contributed by atoms with Crippen molar-refractivity contribution in [2.75, 3.05) is 46.4 Å². The number of hydrogen-bond acceptors (Lipinski definition) is 7. The molecule has 1 amide bonds. The Kier molecular flexibility index (Phi) is 6.99. The van der Waals surface area contributed by atoms with Gasteiger partial charge in [0.1, 0.15) is 0 Å². The van der Waals surface area contributed by atoms with E-state index in [2.05, 4.69) is 25.3 Å². The molecule has 26 heavy (non-hydrogen) atoms. The van der Waals surface area contributed by atoms with Crippen LogP contribution in [0.15, 0.2) is 4.42 Å². The van der Waals surface area contributed by atoms with Gasteiger partial charge in [0, 0.05) is 46.3 Å². The van der Waals surface area contributed by atoms with E-state index >= 15 is 0 Å². The molecule has 2 aliphatic heterocycles. The van der Waals surface area contributed by atoms with Crippen molar-refractivity contribution >= 4 is 5.91 Å². The quantitative estimate of drug-likeness (QED) is 0.716. The first-order valence-electron chi connectivity index (χ1n) is 9.67.